The highest BCUT2D eigenvalue weighted by atomic mass is 16.5. The zero-order chi connectivity index (χ0) is 23.0. The Balaban J connectivity index is 1.36. The van der Waals surface area contributed by atoms with Gasteiger partial charge in [-0.05, 0) is 79.2 Å². The van der Waals surface area contributed by atoms with Crippen LogP contribution in [-0.4, -0.2) is 18.0 Å². The van der Waals surface area contributed by atoms with E-state index in [4.69, 9.17) is 4.74 Å². The molecule has 3 aliphatic carbocycles. The van der Waals surface area contributed by atoms with Crippen LogP contribution < -0.4 is 0 Å². The summed E-state index contributed by atoms with van der Waals surface area (Å²) in [7, 11) is 0. The number of fused-ring (bicyclic) bond motifs is 5. The summed E-state index contributed by atoms with van der Waals surface area (Å²) in [5, 5.41) is 0. The summed E-state index contributed by atoms with van der Waals surface area (Å²) in [5.41, 5.74) is 2.44. The minimum Gasteiger partial charge on any atom is -0.374 e. The van der Waals surface area contributed by atoms with E-state index in [9.17, 15) is 4.79 Å². The van der Waals surface area contributed by atoms with Gasteiger partial charge in [0, 0.05) is 17.8 Å². The minimum atomic E-state index is -0.200. The molecule has 3 fully saturated rings. The van der Waals surface area contributed by atoms with Gasteiger partial charge in [0.15, 0.2) is 0 Å². The van der Waals surface area contributed by atoms with E-state index in [1.807, 2.05) is 0 Å². The predicted molar refractivity (Wildman–Crippen MR) is 133 cm³/mol. The molecule has 0 amide bonds. The molecule has 0 saturated heterocycles. The average molecular weight is 439 g/mol. The Morgan fingerprint density at radius 1 is 1.03 bits per heavy atom. The highest BCUT2D eigenvalue weighted by molar-refractivity contribution is 5.84. The molecule has 7 atom stereocenters. The van der Waals surface area contributed by atoms with Crippen molar-refractivity contribution < 1.29 is 9.53 Å². The van der Waals surface area contributed by atoms with E-state index in [0.717, 1.165) is 36.5 Å². The lowest BCUT2D eigenvalue weighted by atomic mass is 9.79. The summed E-state index contributed by atoms with van der Waals surface area (Å²) in [6, 6.07) is 9.02. The molecule has 1 aromatic rings. The molecule has 0 radical (unpaired) electrons. The molecular weight excluding hydrogens is 392 g/mol. The van der Waals surface area contributed by atoms with E-state index in [0.29, 0.717) is 30.1 Å². The van der Waals surface area contributed by atoms with Crippen LogP contribution >= 0.6 is 0 Å². The van der Waals surface area contributed by atoms with Crippen molar-refractivity contribution in [3.8, 4) is 0 Å². The van der Waals surface area contributed by atoms with E-state index in [-0.39, 0.29) is 11.5 Å². The van der Waals surface area contributed by atoms with Gasteiger partial charge in [-0.15, -0.1) is 0 Å². The molecule has 0 aliphatic heterocycles. The summed E-state index contributed by atoms with van der Waals surface area (Å²) in [4.78, 5) is 12.5. The molecule has 0 heterocycles. The smallest absolute Gasteiger partial charge is 0.138 e. The van der Waals surface area contributed by atoms with Crippen LogP contribution in [0.1, 0.15) is 104 Å². The van der Waals surface area contributed by atoms with Crippen molar-refractivity contribution >= 4 is 5.78 Å². The van der Waals surface area contributed by atoms with Crippen LogP contribution in [0.2, 0.25) is 0 Å². The largest absolute Gasteiger partial charge is 0.374 e. The standard InChI is InChI=1S/C30H46O2/c1-7-30(5,6)28(31)16-13-21-11-14-22(15-12-21)20(4)29(19(2)3)32-27-18-23-17-26(27)25-10-8-9-24(23)25/h11-12,14-15,19-20,23-27,29H,7-10,13,16-18H2,1-6H3. The van der Waals surface area contributed by atoms with Crippen LogP contribution in [0.4, 0.5) is 0 Å². The maximum absolute atomic E-state index is 12.5. The first-order valence-electron chi connectivity index (χ1n) is 13.5. The Bertz CT molecular complexity index is 777. The number of hydrogen-bond donors (Lipinski definition) is 0. The molecule has 32 heavy (non-hydrogen) atoms. The van der Waals surface area contributed by atoms with Gasteiger partial charge >= 0.3 is 0 Å². The van der Waals surface area contributed by atoms with E-state index in [1.165, 1.54) is 43.2 Å². The number of rotatable bonds is 10. The predicted octanol–water partition coefficient (Wildman–Crippen LogP) is 7.59. The zero-order valence-electron chi connectivity index (χ0n) is 21.4. The van der Waals surface area contributed by atoms with E-state index < -0.39 is 0 Å². The number of aryl methyl sites for hydroxylation is 1. The van der Waals surface area contributed by atoms with Crippen LogP contribution in [0.15, 0.2) is 24.3 Å². The molecule has 2 heteroatoms. The number of carbonyl (C=O) groups is 1. The minimum absolute atomic E-state index is 0.200. The molecular formula is C30H46O2. The second kappa shape index (κ2) is 9.61. The van der Waals surface area contributed by atoms with Gasteiger partial charge in [-0.3, -0.25) is 4.79 Å². The summed E-state index contributed by atoms with van der Waals surface area (Å²) < 4.78 is 6.95. The number of ether oxygens (including phenoxy) is 1. The Morgan fingerprint density at radius 2 is 1.72 bits per heavy atom. The first kappa shape index (κ1) is 24.0. The molecule has 1 aromatic carbocycles. The van der Waals surface area contributed by atoms with Gasteiger partial charge in [0.05, 0.1) is 12.2 Å². The van der Waals surface area contributed by atoms with E-state index in [1.54, 1.807) is 0 Å². The van der Waals surface area contributed by atoms with Crippen LogP contribution in [-0.2, 0) is 16.0 Å². The third kappa shape index (κ3) is 4.72. The second-order valence-corrected chi connectivity index (χ2v) is 12.2. The number of carbonyl (C=O) groups excluding carboxylic acids is 1. The van der Waals surface area contributed by atoms with Gasteiger partial charge in [0.25, 0.3) is 0 Å². The third-order valence-corrected chi connectivity index (χ3v) is 9.63. The van der Waals surface area contributed by atoms with Gasteiger partial charge in [0.2, 0.25) is 0 Å². The lowest BCUT2D eigenvalue weighted by Crippen LogP contribution is -2.37. The number of benzene rings is 1. The maximum Gasteiger partial charge on any atom is 0.138 e. The van der Waals surface area contributed by atoms with Crippen molar-refractivity contribution in [3.63, 3.8) is 0 Å². The molecule has 0 aromatic heterocycles. The van der Waals surface area contributed by atoms with Gasteiger partial charge in [0.1, 0.15) is 5.78 Å². The van der Waals surface area contributed by atoms with Crippen molar-refractivity contribution in [2.45, 2.75) is 111 Å². The highest BCUT2D eigenvalue weighted by Gasteiger charge is 2.54. The maximum atomic E-state index is 12.5. The van der Waals surface area contributed by atoms with Crippen LogP contribution in [0.25, 0.3) is 0 Å². The molecule has 7 unspecified atom stereocenters. The fourth-order valence-electron chi connectivity index (χ4n) is 7.19. The first-order chi connectivity index (χ1) is 15.2. The fraction of sp³-hybridized carbons (Fsp3) is 0.767. The van der Waals surface area contributed by atoms with Crippen LogP contribution in [0, 0.1) is 35.0 Å². The Morgan fingerprint density at radius 3 is 2.38 bits per heavy atom. The lowest BCUT2D eigenvalue weighted by Gasteiger charge is -2.37. The highest BCUT2D eigenvalue weighted by Crippen LogP contribution is 2.59. The summed E-state index contributed by atoms with van der Waals surface area (Å²) in [6.07, 6.45) is 10.3. The zero-order valence-corrected chi connectivity index (χ0v) is 21.4. The van der Waals surface area contributed by atoms with Gasteiger partial charge in [-0.25, -0.2) is 0 Å². The summed E-state index contributed by atoms with van der Waals surface area (Å²) in [5.74, 6) is 5.04. The first-order valence-corrected chi connectivity index (χ1v) is 13.5. The van der Waals surface area contributed by atoms with Crippen molar-refractivity contribution in [1.29, 1.82) is 0 Å². The van der Waals surface area contributed by atoms with Crippen molar-refractivity contribution in [1.82, 2.24) is 0 Å². The van der Waals surface area contributed by atoms with Crippen molar-refractivity contribution in [2.75, 3.05) is 0 Å². The van der Waals surface area contributed by atoms with Crippen LogP contribution in [0.5, 0.6) is 0 Å². The van der Waals surface area contributed by atoms with Gasteiger partial charge in [-0.2, -0.15) is 0 Å². The normalized spacial score (nSPS) is 31.2. The number of hydrogen-bond acceptors (Lipinski definition) is 2. The molecule has 2 bridgehead atoms. The SMILES string of the molecule is CCC(C)(C)C(=O)CCc1ccc(C(C)C(OC2CC3CC2C2CCCC32)C(C)C)cc1. The number of ketones is 1. The van der Waals surface area contributed by atoms with E-state index >= 15 is 0 Å². The number of Topliss-reactive ketones (excluding diaryl/α,β-unsaturated/α-hetero) is 1. The molecule has 0 N–H and O–H groups in total. The summed E-state index contributed by atoms with van der Waals surface area (Å²) >= 11 is 0. The molecule has 178 valence electrons. The topological polar surface area (TPSA) is 26.3 Å². The van der Waals surface area contributed by atoms with Gasteiger partial charge in [-0.1, -0.05) is 72.2 Å². The van der Waals surface area contributed by atoms with Crippen molar-refractivity contribution in [2.24, 2.45) is 35.0 Å². The summed E-state index contributed by atoms with van der Waals surface area (Å²) in [6.45, 7) is 13.2. The fourth-order valence-corrected chi connectivity index (χ4v) is 7.19. The monoisotopic (exact) mass is 438 g/mol. The van der Waals surface area contributed by atoms with Crippen molar-refractivity contribution in [3.05, 3.63) is 35.4 Å². The molecule has 3 aliphatic rings. The Labute approximate surface area is 196 Å². The average Bonchev–Trinajstić information content (AvgIpc) is 3.49. The van der Waals surface area contributed by atoms with Crippen LogP contribution in [0.3, 0.4) is 0 Å². The molecule has 0 spiro atoms. The third-order valence-electron chi connectivity index (χ3n) is 9.63. The Kier molecular flexibility index (Phi) is 7.20. The second-order valence-electron chi connectivity index (χ2n) is 12.2. The quantitative estimate of drug-likeness (QED) is 0.376. The lowest BCUT2D eigenvalue weighted by molar-refractivity contribution is -0.127. The van der Waals surface area contributed by atoms with Gasteiger partial charge < -0.3 is 4.74 Å². The molecule has 3 saturated carbocycles. The Hall–Kier alpha value is -1.15. The molecule has 4 rings (SSSR count). The van der Waals surface area contributed by atoms with E-state index in [2.05, 4.69) is 65.8 Å². The molecule has 2 nitrogen and oxygen atoms in total.